The van der Waals surface area contributed by atoms with E-state index in [0.717, 1.165) is 28.4 Å². The summed E-state index contributed by atoms with van der Waals surface area (Å²) in [5.41, 5.74) is 2.00. The molecule has 110 valence electrons. The highest BCUT2D eigenvalue weighted by Crippen LogP contribution is 2.45. The Kier molecular flexibility index (Phi) is 3.18. The van der Waals surface area contributed by atoms with E-state index >= 15 is 0 Å². The van der Waals surface area contributed by atoms with Crippen molar-refractivity contribution in [1.82, 2.24) is 4.98 Å². The smallest absolute Gasteiger partial charge is 0.138 e. The third kappa shape index (κ3) is 2.34. The van der Waals surface area contributed by atoms with Crippen LogP contribution in [0.25, 0.3) is 10.9 Å². The molecular weight excluding hydrogens is 284 g/mol. The maximum atomic E-state index is 6.14. The molecule has 0 amide bonds. The second kappa shape index (κ2) is 5.06. The lowest BCUT2D eigenvalue weighted by molar-refractivity contribution is 0.415. The van der Waals surface area contributed by atoms with Gasteiger partial charge in [0.25, 0.3) is 0 Å². The summed E-state index contributed by atoms with van der Waals surface area (Å²) in [6.45, 7) is 0. The van der Waals surface area contributed by atoms with Gasteiger partial charge in [0.2, 0.25) is 0 Å². The molecule has 1 heterocycles. The molecule has 4 rings (SSSR count). The van der Waals surface area contributed by atoms with Crippen LogP contribution in [0.3, 0.4) is 0 Å². The molecular formula is C17H19ClN2O. The second-order valence-corrected chi connectivity index (χ2v) is 6.74. The summed E-state index contributed by atoms with van der Waals surface area (Å²) in [6.07, 6.45) is 7.44. The number of rotatable bonds is 3. The van der Waals surface area contributed by atoms with Crippen LogP contribution in [-0.4, -0.2) is 18.1 Å². The van der Waals surface area contributed by atoms with Crippen molar-refractivity contribution in [2.75, 3.05) is 12.4 Å². The zero-order valence-electron chi connectivity index (χ0n) is 12.1. The van der Waals surface area contributed by atoms with Crippen LogP contribution in [0.2, 0.25) is 5.02 Å². The summed E-state index contributed by atoms with van der Waals surface area (Å²) in [6, 6.07) is 6.58. The van der Waals surface area contributed by atoms with E-state index in [9.17, 15) is 0 Å². The fourth-order valence-electron chi connectivity index (χ4n) is 4.00. The van der Waals surface area contributed by atoms with E-state index in [0.29, 0.717) is 16.8 Å². The normalized spacial score (nSPS) is 27.2. The Morgan fingerprint density at radius 3 is 2.86 bits per heavy atom. The van der Waals surface area contributed by atoms with Gasteiger partial charge < -0.3 is 10.1 Å². The predicted molar refractivity (Wildman–Crippen MR) is 86.2 cm³/mol. The Bertz CT molecular complexity index is 688. The first-order valence-electron chi connectivity index (χ1n) is 7.63. The number of benzene rings is 1. The van der Waals surface area contributed by atoms with Crippen molar-refractivity contribution in [2.24, 2.45) is 11.8 Å². The van der Waals surface area contributed by atoms with E-state index in [2.05, 4.69) is 16.4 Å². The number of ether oxygens (including phenoxy) is 1. The number of methoxy groups -OCH3 is 1. The van der Waals surface area contributed by atoms with Crippen molar-refractivity contribution >= 4 is 28.2 Å². The fourth-order valence-corrected chi connectivity index (χ4v) is 4.24. The summed E-state index contributed by atoms with van der Waals surface area (Å²) in [5.74, 6) is 2.49. The van der Waals surface area contributed by atoms with Crippen LogP contribution in [0.1, 0.15) is 25.7 Å². The van der Waals surface area contributed by atoms with Crippen LogP contribution in [-0.2, 0) is 0 Å². The van der Waals surface area contributed by atoms with E-state index in [4.69, 9.17) is 16.3 Å². The Morgan fingerprint density at radius 2 is 2.14 bits per heavy atom. The van der Waals surface area contributed by atoms with E-state index in [-0.39, 0.29) is 0 Å². The van der Waals surface area contributed by atoms with Gasteiger partial charge in [-0.25, -0.2) is 0 Å². The van der Waals surface area contributed by atoms with Gasteiger partial charge in [-0.3, -0.25) is 4.98 Å². The number of hydrogen-bond acceptors (Lipinski definition) is 3. The average Bonchev–Trinajstić information content (AvgIpc) is 3.09. The molecule has 2 aliphatic rings. The molecule has 3 atom stereocenters. The SMILES string of the molecule is COc1cc2cc(NC3CC4CCC3C4)cnc2cc1Cl. The maximum absolute atomic E-state index is 6.14. The van der Waals surface area contributed by atoms with E-state index in [1.807, 2.05) is 18.3 Å². The summed E-state index contributed by atoms with van der Waals surface area (Å²) >= 11 is 6.14. The van der Waals surface area contributed by atoms with Crippen molar-refractivity contribution in [1.29, 1.82) is 0 Å². The first-order chi connectivity index (χ1) is 10.2. The Labute approximate surface area is 129 Å². The van der Waals surface area contributed by atoms with Crippen LogP contribution < -0.4 is 10.1 Å². The molecule has 1 aromatic heterocycles. The van der Waals surface area contributed by atoms with Crippen molar-refractivity contribution in [3.63, 3.8) is 0 Å². The van der Waals surface area contributed by atoms with Gasteiger partial charge in [0.05, 0.1) is 29.5 Å². The lowest BCUT2D eigenvalue weighted by atomic mass is 9.95. The summed E-state index contributed by atoms with van der Waals surface area (Å²) in [7, 11) is 1.64. The highest BCUT2D eigenvalue weighted by Gasteiger charge is 2.39. The molecule has 3 nitrogen and oxygen atoms in total. The van der Waals surface area contributed by atoms with Crippen LogP contribution in [0, 0.1) is 11.8 Å². The Morgan fingerprint density at radius 1 is 1.24 bits per heavy atom. The monoisotopic (exact) mass is 302 g/mol. The quantitative estimate of drug-likeness (QED) is 0.906. The van der Waals surface area contributed by atoms with Gasteiger partial charge >= 0.3 is 0 Å². The first kappa shape index (κ1) is 13.2. The molecule has 2 fully saturated rings. The number of hydrogen-bond donors (Lipinski definition) is 1. The third-order valence-corrected chi connectivity index (χ3v) is 5.34. The number of nitrogens with one attached hydrogen (secondary N) is 1. The van der Waals surface area contributed by atoms with Crippen LogP contribution in [0.4, 0.5) is 5.69 Å². The van der Waals surface area contributed by atoms with Gasteiger partial charge in [-0.15, -0.1) is 0 Å². The minimum absolute atomic E-state index is 0.603. The first-order valence-corrected chi connectivity index (χ1v) is 8.00. The van der Waals surface area contributed by atoms with Gasteiger partial charge in [-0.1, -0.05) is 18.0 Å². The van der Waals surface area contributed by atoms with E-state index in [1.54, 1.807) is 7.11 Å². The minimum Gasteiger partial charge on any atom is -0.495 e. The zero-order chi connectivity index (χ0) is 14.4. The second-order valence-electron chi connectivity index (χ2n) is 6.33. The lowest BCUT2D eigenvalue weighted by Gasteiger charge is -2.24. The number of anilines is 1. The Hall–Kier alpha value is -1.48. The van der Waals surface area contributed by atoms with E-state index in [1.165, 1.54) is 25.7 Å². The van der Waals surface area contributed by atoms with Crippen molar-refractivity contribution < 1.29 is 4.74 Å². The van der Waals surface area contributed by atoms with Crippen LogP contribution >= 0.6 is 11.6 Å². The molecule has 0 aliphatic heterocycles. The molecule has 4 heteroatoms. The number of fused-ring (bicyclic) bond motifs is 3. The van der Waals surface area contributed by atoms with Crippen molar-refractivity contribution in [3.05, 3.63) is 29.4 Å². The maximum Gasteiger partial charge on any atom is 0.138 e. The van der Waals surface area contributed by atoms with Gasteiger partial charge in [0, 0.05) is 11.4 Å². The number of nitrogens with zero attached hydrogens (tertiary/aromatic N) is 1. The largest absolute Gasteiger partial charge is 0.495 e. The molecule has 0 radical (unpaired) electrons. The summed E-state index contributed by atoms with van der Waals surface area (Å²) < 4.78 is 5.29. The molecule has 2 bridgehead atoms. The van der Waals surface area contributed by atoms with Crippen molar-refractivity contribution in [3.8, 4) is 5.75 Å². The molecule has 1 N–H and O–H groups in total. The average molecular weight is 303 g/mol. The molecule has 2 aliphatic carbocycles. The van der Waals surface area contributed by atoms with E-state index < -0.39 is 0 Å². The molecule has 1 aromatic carbocycles. The lowest BCUT2D eigenvalue weighted by Crippen LogP contribution is -2.25. The molecule has 21 heavy (non-hydrogen) atoms. The fraction of sp³-hybridized carbons (Fsp3) is 0.471. The standard InChI is InChI=1S/C17H19ClN2O/c1-21-17-7-12-6-13(9-19-15(12)8-14(17)18)20-16-5-10-2-3-11(16)4-10/h6-11,16,20H,2-5H2,1H3. The number of aromatic nitrogens is 1. The predicted octanol–water partition coefficient (Wildman–Crippen LogP) is 4.50. The van der Waals surface area contributed by atoms with Gasteiger partial charge in [0.1, 0.15) is 5.75 Å². The van der Waals surface area contributed by atoms with Gasteiger partial charge in [0.15, 0.2) is 0 Å². The molecule has 2 saturated carbocycles. The topological polar surface area (TPSA) is 34.1 Å². The number of pyridine rings is 1. The van der Waals surface area contributed by atoms with Crippen LogP contribution in [0.15, 0.2) is 24.4 Å². The minimum atomic E-state index is 0.603. The van der Waals surface area contributed by atoms with Crippen molar-refractivity contribution in [2.45, 2.75) is 31.7 Å². The van der Waals surface area contributed by atoms with Gasteiger partial charge in [-0.2, -0.15) is 0 Å². The summed E-state index contributed by atoms with van der Waals surface area (Å²) in [4.78, 5) is 4.52. The summed E-state index contributed by atoms with van der Waals surface area (Å²) in [5, 5.41) is 5.34. The highest BCUT2D eigenvalue weighted by atomic mass is 35.5. The Balaban J connectivity index is 1.62. The highest BCUT2D eigenvalue weighted by molar-refractivity contribution is 6.32. The molecule has 3 unspecified atom stereocenters. The number of halogens is 1. The zero-order valence-corrected chi connectivity index (χ0v) is 12.9. The molecule has 0 saturated heterocycles. The molecule has 2 aromatic rings. The van der Waals surface area contributed by atoms with Gasteiger partial charge in [-0.05, 0) is 49.3 Å². The van der Waals surface area contributed by atoms with Crippen LogP contribution in [0.5, 0.6) is 5.75 Å². The molecule has 0 spiro atoms. The third-order valence-electron chi connectivity index (χ3n) is 5.04.